The Hall–Kier alpha value is -0.620. The minimum atomic E-state index is -1.13. The summed E-state index contributed by atoms with van der Waals surface area (Å²) in [6.07, 6.45) is 0. The van der Waals surface area contributed by atoms with Gasteiger partial charge >= 0.3 is 5.97 Å². The van der Waals surface area contributed by atoms with Crippen LogP contribution in [0.1, 0.15) is 13.8 Å². The predicted molar refractivity (Wildman–Crippen MR) is 43.1 cm³/mol. The molecule has 11 heavy (non-hydrogen) atoms. The van der Waals surface area contributed by atoms with Crippen molar-refractivity contribution in [3.8, 4) is 0 Å². The fourth-order valence-corrected chi connectivity index (χ4v) is 0.857. The largest absolute Gasteiger partial charge is 0.480 e. The Morgan fingerprint density at radius 2 is 2.18 bits per heavy atom. The van der Waals surface area contributed by atoms with Gasteiger partial charge in [0.05, 0.1) is 4.75 Å². The summed E-state index contributed by atoms with van der Waals surface area (Å²) in [5.41, 5.74) is 5.26. The van der Waals surface area contributed by atoms with Crippen LogP contribution in [0.5, 0.6) is 0 Å². The van der Waals surface area contributed by atoms with Crippen molar-refractivity contribution in [1.29, 1.82) is 0 Å². The molecule has 0 aliphatic heterocycles. The van der Waals surface area contributed by atoms with E-state index in [0.717, 1.165) is 0 Å². The second-order valence-electron chi connectivity index (χ2n) is 2.59. The fraction of sp³-hybridized carbons (Fsp3) is 0.800. The molecule has 64 valence electrons. The molecule has 0 aliphatic rings. The summed E-state index contributed by atoms with van der Waals surface area (Å²) in [4.78, 5) is 20.2. The van der Waals surface area contributed by atoms with Gasteiger partial charge in [0.25, 0.3) is 0 Å². The first-order chi connectivity index (χ1) is 4.91. The summed E-state index contributed by atoms with van der Waals surface area (Å²) >= 11 is 0.634. The van der Waals surface area contributed by atoms with Crippen LogP contribution in [-0.2, 0) is 4.79 Å². The first-order valence-corrected chi connectivity index (χ1v) is 3.68. The van der Waals surface area contributed by atoms with Gasteiger partial charge in [-0.3, -0.25) is 4.79 Å². The lowest BCUT2D eigenvalue weighted by Gasteiger charge is -2.23. The van der Waals surface area contributed by atoms with Crippen molar-refractivity contribution in [2.45, 2.75) is 24.6 Å². The molecule has 0 spiro atoms. The Morgan fingerprint density at radius 3 is 2.45 bits per heavy atom. The van der Waals surface area contributed by atoms with E-state index in [9.17, 15) is 9.70 Å². The van der Waals surface area contributed by atoms with Crippen molar-refractivity contribution in [1.82, 2.24) is 0 Å². The van der Waals surface area contributed by atoms with Gasteiger partial charge in [-0.25, -0.2) is 0 Å². The molecule has 5 nitrogen and oxygen atoms in total. The van der Waals surface area contributed by atoms with E-state index in [1.165, 1.54) is 0 Å². The molecule has 0 heterocycles. The standard InChI is InChI=1S/C5H10N2O3S/c1-5(2,11-7-10)3(6)4(8)9/h3H,6H2,1-2H3,(H,8,9)/t3-/m1/s1. The Kier molecular flexibility index (Phi) is 3.47. The van der Waals surface area contributed by atoms with E-state index in [1.807, 2.05) is 0 Å². The van der Waals surface area contributed by atoms with Crippen LogP contribution in [0.15, 0.2) is 4.58 Å². The van der Waals surface area contributed by atoms with E-state index < -0.39 is 16.8 Å². The zero-order chi connectivity index (χ0) is 9.07. The average Bonchev–Trinajstić information content (AvgIpc) is 1.86. The topological polar surface area (TPSA) is 92.8 Å². The Balaban J connectivity index is 4.27. The van der Waals surface area contributed by atoms with E-state index in [-0.39, 0.29) is 0 Å². The van der Waals surface area contributed by atoms with Crippen LogP contribution in [-0.4, -0.2) is 21.9 Å². The van der Waals surface area contributed by atoms with Crippen molar-refractivity contribution < 1.29 is 9.90 Å². The van der Waals surface area contributed by atoms with Gasteiger partial charge in [0.1, 0.15) is 6.04 Å². The molecule has 0 saturated carbocycles. The molecule has 0 aromatic carbocycles. The van der Waals surface area contributed by atoms with Gasteiger partial charge in [0, 0.05) is 16.5 Å². The van der Waals surface area contributed by atoms with Crippen LogP contribution < -0.4 is 5.73 Å². The third-order valence-corrected chi connectivity index (χ3v) is 2.09. The van der Waals surface area contributed by atoms with Crippen LogP contribution in [0.2, 0.25) is 0 Å². The molecule has 0 aromatic rings. The van der Waals surface area contributed by atoms with Crippen LogP contribution in [0.25, 0.3) is 0 Å². The highest BCUT2D eigenvalue weighted by atomic mass is 32.2. The number of nitrogens with zero attached hydrogens (tertiary/aromatic N) is 1. The van der Waals surface area contributed by atoms with E-state index in [0.29, 0.717) is 11.9 Å². The van der Waals surface area contributed by atoms with Crippen molar-refractivity contribution in [3.05, 3.63) is 4.91 Å². The molecule has 0 aromatic heterocycles. The lowest BCUT2D eigenvalue weighted by molar-refractivity contribution is -0.139. The van der Waals surface area contributed by atoms with E-state index in [1.54, 1.807) is 13.8 Å². The minimum Gasteiger partial charge on any atom is -0.480 e. The molecule has 1 atom stereocenters. The summed E-state index contributed by atoms with van der Waals surface area (Å²) in [5, 5.41) is 8.46. The predicted octanol–water partition coefficient (Wildman–Crippen LogP) is 0.592. The highest BCUT2D eigenvalue weighted by Crippen LogP contribution is 2.27. The molecule has 0 rings (SSSR count). The monoisotopic (exact) mass is 178 g/mol. The van der Waals surface area contributed by atoms with Crippen LogP contribution >= 0.6 is 11.9 Å². The number of nitrogens with two attached hydrogens (primary N) is 1. The van der Waals surface area contributed by atoms with Crippen molar-refractivity contribution >= 4 is 17.9 Å². The second kappa shape index (κ2) is 3.68. The molecular formula is C5H10N2O3S. The van der Waals surface area contributed by atoms with Crippen molar-refractivity contribution in [2.75, 3.05) is 0 Å². The van der Waals surface area contributed by atoms with E-state index >= 15 is 0 Å². The highest BCUT2D eigenvalue weighted by molar-refractivity contribution is 7.99. The van der Waals surface area contributed by atoms with Crippen molar-refractivity contribution in [2.24, 2.45) is 10.3 Å². The molecule has 0 amide bonds. The van der Waals surface area contributed by atoms with Gasteiger partial charge < -0.3 is 10.8 Å². The number of nitroso groups, excluding NO2 is 1. The molecule has 0 radical (unpaired) electrons. The first-order valence-electron chi connectivity index (χ1n) is 2.91. The second-order valence-corrected chi connectivity index (χ2v) is 3.97. The summed E-state index contributed by atoms with van der Waals surface area (Å²) in [5.74, 6) is -1.13. The van der Waals surface area contributed by atoms with Gasteiger partial charge in [-0.1, -0.05) is 0 Å². The van der Waals surface area contributed by atoms with Gasteiger partial charge in [-0.15, -0.1) is 4.91 Å². The van der Waals surface area contributed by atoms with Crippen LogP contribution in [0.3, 0.4) is 0 Å². The highest BCUT2D eigenvalue weighted by Gasteiger charge is 2.33. The zero-order valence-electron chi connectivity index (χ0n) is 6.27. The molecule has 0 bridgehead atoms. The van der Waals surface area contributed by atoms with Gasteiger partial charge in [0.15, 0.2) is 0 Å². The van der Waals surface area contributed by atoms with Crippen LogP contribution in [0, 0.1) is 4.91 Å². The minimum absolute atomic E-state index is 0.634. The summed E-state index contributed by atoms with van der Waals surface area (Å²) in [7, 11) is 0. The molecule has 0 fully saturated rings. The average molecular weight is 178 g/mol. The zero-order valence-corrected chi connectivity index (χ0v) is 7.09. The molecule has 0 saturated heterocycles. The van der Waals surface area contributed by atoms with Crippen molar-refractivity contribution in [3.63, 3.8) is 0 Å². The number of hydrogen-bond donors (Lipinski definition) is 2. The van der Waals surface area contributed by atoms with Crippen LogP contribution in [0.4, 0.5) is 0 Å². The smallest absolute Gasteiger partial charge is 0.321 e. The summed E-state index contributed by atoms with van der Waals surface area (Å²) in [6, 6.07) is -1.08. The number of carboxylic acids is 1. The molecule has 6 heteroatoms. The summed E-state index contributed by atoms with van der Waals surface area (Å²) < 4.78 is 1.68. The van der Waals surface area contributed by atoms with E-state index in [2.05, 4.69) is 4.58 Å². The Bertz CT molecular complexity index is 171. The normalized spacial score (nSPS) is 14.1. The third kappa shape index (κ3) is 2.85. The summed E-state index contributed by atoms with van der Waals surface area (Å²) in [6.45, 7) is 3.11. The molecule has 0 aliphatic carbocycles. The number of hydrogen-bond acceptors (Lipinski definition) is 5. The Labute approximate surface area is 68.4 Å². The SMILES string of the molecule is CC(C)(SN=O)[C@H](N)C(=O)O. The number of carboxylic acid groups (broad SMARTS) is 1. The third-order valence-electron chi connectivity index (χ3n) is 1.29. The maximum atomic E-state index is 10.3. The lowest BCUT2D eigenvalue weighted by atomic mass is 10.1. The Morgan fingerprint density at radius 1 is 1.73 bits per heavy atom. The first kappa shape index (κ1) is 10.4. The van der Waals surface area contributed by atoms with Gasteiger partial charge in [0.2, 0.25) is 0 Å². The molecule has 3 N–H and O–H groups in total. The number of rotatable bonds is 4. The maximum Gasteiger partial charge on any atom is 0.321 e. The quantitative estimate of drug-likeness (QED) is 0.485. The molecular weight excluding hydrogens is 168 g/mol. The fourth-order valence-electron chi connectivity index (χ4n) is 0.450. The number of carbonyl (C=O) groups is 1. The molecule has 0 unspecified atom stereocenters. The number of aliphatic carboxylic acids is 1. The maximum absolute atomic E-state index is 10.3. The van der Waals surface area contributed by atoms with Gasteiger partial charge in [-0.05, 0) is 13.8 Å². The van der Waals surface area contributed by atoms with E-state index in [4.69, 9.17) is 10.8 Å². The van der Waals surface area contributed by atoms with Gasteiger partial charge in [-0.2, -0.15) is 0 Å². The lowest BCUT2D eigenvalue weighted by Crippen LogP contribution is -2.46.